The second-order valence-electron chi connectivity index (χ2n) is 4.44. The minimum Gasteiger partial charge on any atom is -0.0885 e. The van der Waals surface area contributed by atoms with Crippen LogP contribution < -0.4 is 0 Å². The van der Waals surface area contributed by atoms with Crippen molar-refractivity contribution in [3.63, 3.8) is 0 Å². The third kappa shape index (κ3) is 1.91. The van der Waals surface area contributed by atoms with E-state index in [4.69, 9.17) is 0 Å². The van der Waals surface area contributed by atoms with E-state index < -0.39 is 0 Å². The van der Waals surface area contributed by atoms with Crippen LogP contribution in [0.5, 0.6) is 0 Å². The fourth-order valence-electron chi connectivity index (χ4n) is 2.86. The predicted molar refractivity (Wildman–Crippen MR) is 53.1 cm³/mol. The first-order valence-electron chi connectivity index (χ1n) is 5.62. The van der Waals surface area contributed by atoms with Crippen molar-refractivity contribution >= 4 is 0 Å². The van der Waals surface area contributed by atoms with E-state index in [1.807, 2.05) is 0 Å². The summed E-state index contributed by atoms with van der Waals surface area (Å²) < 4.78 is 0. The van der Waals surface area contributed by atoms with Crippen LogP contribution in [0.3, 0.4) is 0 Å². The van der Waals surface area contributed by atoms with Crippen molar-refractivity contribution < 1.29 is 0 Å². The summed E-state index contributed by atoms with van der Waals surface area (Å²) >= 11 is 0. The Morgan fingerprint density at radius 1 is 0.750 bits per heavy atom. The summed E-state index contributed by atoms with van der Waals surface area (Å²) in [6.45, 7) is 0. The highest BCUT2D eigenvalue weighted by Gasteiger charge is 2.23. The molecule has 0 N–H and O–H groups in total. The number of rotatable bonds is 1. The smallest absolute Gasteiger partial charge is 0.0320 e. The minimum absolute atomic E-state index is 1.05. The molecule has 0 nitrogen and oxygen atoms in total. The van der Waals surface area contributed by atoms with Crippen LogP contribution in [0.4, 0.5) is 0 Å². The first-order valence-corrected chi connectivity index (χ1v) is 5.62. The van der Waals surface area contributed by atoms with Gasteiger partial charge in [-0.05, 0) is 37.5 Å². The van der Waals surface area contributed by atoms with Crippen molar-refractivity contribution in [1.82, 2.24) is 0 Å². The Morgan fingerprint density at radius 3 is 2.33 bits per heavy atom. The largest absolute Gasteiger partial charge is 0.0885 e. The number of hydrogen-bond acceptors (Lipinski definition) is 0. The maximum atomic E-state index is 2.43. The van der Waals surface area contributed by atoms with Gasteiger partial charge >= 0.3 is 0 Å². The van der Waals surface area contributed by atoms with E-state index >= 15 is 0 Å². The molecule has 2 aliphatic carbocycles. The lowest BCUT2D eigenvalue weighted by Gasteiger charge is -2.20. The molecule has 1 atom stereocenters. The van der Waals surface area contributed by atoms with Crippen molar-refractivity contribution in [2.75, 3.05) is 0 Å². The first kappa shape index (κ1) is 8.34. The van der Waals surface area contributed by atoms with E-state index in [0.717, 1.165) is 11.8 Å². The van der Waals surface area contributed by atoms with Crippen LogP contribution in [-0.2, 0) is 0 Å². The monoisotopic (exact) mass is 164 g/mol. The summed E-state index contributed by atoms with van der Waals surface area (Å²) in [7, 11) is 0. The van der Waals surface area contributed by atoms with E-state index in [2.05, 4.69) is 12.2 Å². The molecule has 1 fully saturated rings. The zero-order chi connectivity index (χ0) is 8.23. The van der Waals surface area contributed by atoms with Crippen LogP contribution >= 0.6 is 0 Å². The molecule has 2 aliphatic rings. The molecule has 0 bridgehead atoms. The van der Waals surface area contributed by atoms with E-state index in [9.17, 15) is 0 Å². The average molecular weight is 164 g/mol. The van der Waals surface area contributed by atoms with Gasteiger partial charge in [0.2, 0.25) is 0 Å². The summed E-state index contributed by atoms with van der Waals surface area (Å²) in [5.74, 6) is 2.14. The van der Waals surface area contributed by atoms with E-state index in [1.54, 1.807) is 0 Å². The molecule has 0 amide bonds. The Kier molecular flexibility index (Phi) is 2.86. The lowest BCUT2D eigenvalue weighted by molar-refractivity contribution is 0.320. The Morgan fingerprint density at radius 2 is 1.50 bits per heavy atom. The minimum atomic E-state index is 1.05. The van der Waals surface area contributed by atoms with Gasteiger partial charge in [-0.1, -0.05) is 37.8 Å². The van der Waals surface area contributed by atoms with Gasteiger partial charge in [0, 0.05) is 0 Å². The number of allylic oxidation sites excluding steroid dienone is 2. The van der Waals surface area contributed by atoms with Crippen LogP contribution in [0.1, 0.15) is 51.4 Å². The van der Waals surface area contributed by atoms with Crippen molar-refractivity contribution in [2.45, 2.75) is 51.4 Å². The molecule has 0 heteroatoms. The molecule has 0 aromatic carbocycles. The summed E-state index contributed by atoms with van der Waals surface area (Å²) in [5, 5.41) is 0. The van der Waals surface area contributed by atoms with Gasteiger partial charge in [-0.25, -0.2) is 0 Å². The van der Waals surface area contributed by atoms with Crippen molar-refractivity contribution in [1.29, 1.82) is 0 Å². The fourth-order valence-corrected chi connectivity index (χ4v) is 2.86. The molecule has 1 unspecified atom stereocenters. The fraction of sp³-hybridized carbons (Fsp3) is 0.833. The Balaban J connectivity index is 1.88. The topological polar surface area (TPSA) is 0 Å². The number of hydrogen-bond donors (Lipinski definition) is 0. The molecule has 0 spiro atoms. The normalized spacial score (nSPS) is 32.2. The van der Waals surface area contributed by atoms with Gasteiger partial charge in [-0.3, -0.25) is 0 Å². The van der Waals surface area contributed by atoms with Gasteiger partial charge in [-0.2, -0.15) is 0 Å². The van der Waals surface area contributed by atoms with E-state index in [-0.39, 0.29) is 0 Å². The summed E-state index contributed by atoms with van der Waals surface area (Å²) in [6, 6.07) is 0. The SMILES string of the molecule is C1=CCC(C2CCCC2)CCC1. The molecule has 0 aromatic heterocycles. The zero-order valence-corrected chi connectivity index (χ0v) is 7.97. The second-order valence-corrected chi connectivity index (χ2v) is 4.44. The maximum absolute atomic E-state index is 2.43. The Labute approximate surface area is 76.1 Å². The highest BCUT2D eigenvalue weighted by Crippen LogP contribution is 2.36. The molecule has 68 valence electrons. The van der Waals surface area contributed by atoms with Crippen LogP contribution in [0.15, 0.2) is 12.2 Å². The molecular formula is C12H20. The van der Waals surface area contributed by atoms with Crippen molar-refractivity contribution in [3.8, 4) is 0 Å². The molecule has 2 rings (SSSR count). The lowest BCUT2D eigenvalue weighted by atomic mass is 9.85. The highest BCUT2D eigenvalue weighted by atomic mass is 14.3. The van der Waals surface area contributed by atoms with Gasteiger partial charge in [0.15, 0.2) is 0 Å². The van der Waals surface area contributed by atoms with E-state index in [0.29, 0.717) is 0 Å². The molecule has 0 aromatic rings. The van der Waals surface area contributed by atoms with Gasteiger partial charge in [-0.15, -0.1) is 0 Å². The van der Waals surface area contributed by atoms with Gasteiger partial charge in [0.05, 0.1) is 0 Å². The average Bonchev–Trinajstić information content (AvgIpc) is 2.48. The van der Waals surface area contributed by atoms with Crippen LogP contribution in [0, 0.1) is 11.8 Å². The summed E-state index contributed by atoms with van der Waals surface area (Å²) in [6.07, 6.45) is 16.5. The molecule has 0 aliphatic heterocycles. The van der Waals surface area contributed by atoms with Crippen molar-refractivity contribution in [2.24, 2.45) is 11.8 Å². The highest BCUT2D eigenvalue weighted by molar-refractivity contribution is 4.90. The molecule has 0 radical (unpaired) electrons. The third-order valence-corrected chi connectivity index (χ3v) is 3.62. The van der Waals surface area contributed by atoms with Crippen LogP contribution in [-0.4, -0.2) is 0 Å². The van der Waals surface area contributed by atoms with Crippen molar-refractivity contribution in [3.05, 3.63) is 12.2 Å². The molecule has 1 saturated carbocycles. The van der Waals surface area contributed by atoms with Crippen LogP contribution in [0.25, 0.3) is 0 Å². The summed E-state index contributed by atoms with van der Waals surface area (Å²) in [4.78, 5) is 0. The zero-order valence-electron chi connectivity index (χ0n) is 7.97. The standard InChI is InChI=1S/C12H20/c1-2-4-8-11(7-3-1)12-9-5-6-10-12/h1,3,11-12H,2,4-10H2. The maximum Gasteiger partial charge on any atom is -0.0320 e. The van der Waals surface area contributed by atoms with Gasteiger partial charge in [0.25, 0.3) is 0 Å². The molecule has 0 saturated heterocycles. The molecule has 0 heterocycles. The predicted octanol–water partition coefficient (Wildman–Crippen LogP) is 3.92. The quantitative estimate of drug-likeness (QED) is 0.515. The van der Waals surface area contributed by atoms with Crippen LogP contribution in [0.2, 0.25) is 0 Å². The molecular weight excluding hydrogens is 144 g/mol. The molecule has 12 heavy (non-hydrogen) atoms. The van der Waals surface area contributed by atoms with Gasteiger partial charge < -0.3 is 0 Å². The first-order chi connectivity index (χ1) is 5.97. The van der Waals surface area contributed by atoms with E-state index in [1.165, 1.54) is 51.4 Å². The third-order valence-electron chi connectivity index (χ3n) is 3.62. The Hall–Kier alpha value is -0.260. The Bertz CT molecular complexity index is 151. The lowest BCUT2D eigenvalue weighted by Crippen LogP contribution is -2.09. The summed E-state index contributed by atoms with van der Waals surface area (Å²) in [5.41, 5.74) is 0. The van der Waals surface area contributed by atoms with Gasteiger partial charge in [0.1, 0.15) is 0 Å². The second kappa shape index (κ2) is 4.11.